The zero-order valence-corrected chi connectivity index (χ0v) is 13.1. The van der Waals surface area contributed by atoms with Crippen LogP contribution in [-0.4, -0.2) is 26.2 Å². The van der Waals surface area contributed by atoms with Gasteiger partial charge in [0.25, 0.3) is 0 Å². The number of rotatable bonds is 6. The Hall–Kier alpha value is -2.66. The van der Waals surface area contributed by atoms with Crippen molar-refractivity contribution < 1.29 is 23.8 Å². The van der Waals surface area contributed by atoms with Crippen molar-refractivity contribution in [3.05, 3.63) is 70.8 Å². The predicted molar refractivity (Wildman–Crippen MR) is 84.1 cm³/mol. The fraction of sp³-hybridized carbons (Fsp3) is 0.222. The maximum atomic E-state index is 12.0. The molecule has 0 saturated carbocycles. The van der Waals surface area contributed by atoms with Crippen LogP contribution in [0.15, 0.2) is 48.5 Å². The minimum absolute atomic E-state index is 0.139. The third-order valence-electron chi connectivity index (χ3n) is 3.25. The molecule has 0 aliphatic heterocycles. The van der Waals surface area contributed by atoms with Gasteiger partial charge in [0.2, 0.25) is 0 Å². The quantitative estimate of drug-likeness (QED) is 0.767. The summed E-state index contributed by atoms with van der Waals surface area (Å²) in [6.07, 6.45) is 0. The molecule has 0 bridgehead atoms. The zero-order chi connectivity index (χ0) is 16.7. The van der Waals surface area contributed by atoms with Gasteiger partial charge >= 0.3 is 11.9 Å². The second-order valence-corrected chi connectivity index (χ2v) is 4.89. The van der Waals surface area contributed by atoms with Gasteiger partial charge < -0.3 is 14.2 Å². The first kappa shape index (κ1) is 16.7. The normalized spacial score (nSPS) is 10.2. The number of esters is 2. The van der Waals surface area contributed by atoms with Gasteiger partial charge in [-0.15, -0.1) is 0 Å². The van der Waals surface area contributed by atoms with Crippen LogP contribution in [0, 0.1) is 0 Å². The molecule has 0 radical (unpaired) electrons. The van der Waals surface area contributed by atoms with E-state index in [2.05, 4.69) is 4.74 Å². The number of methoxy groups -OCH3 is 2. The minimum Gasteiger partial charge on any atom is -0.465 e. The molecule has 5 nitrogen and oxygen atoms in total. The van der Waals surface area contributed by atoms with E-state index in [4.69, 9.17) is 9.47 Å². The molecule has 0 spiro atoms. The predicted octanol–water partition coefficient (Wildman–Crippen LogP) is 2.98. The Morgan fingerprint density at radius 1 is 0.739 bits per heavy atom. The van der Waals surface area contributed by atoms with Gasteiger partial charge in [0.1, 0.15) is 6.61 Å². The van der Waals surface area contributed by atoms with E-state index in [0.717, 1.165) is 11.1 Å². The maximum absolute atomic E-state index is 12.0. The number of ether oxygens (including phenoxy) is 3. The number of benzene rings is 2. The van der Waals surface area contributed by atoms with Crippen molar-refractivity contribution in [2.75, 3.05) is 14.2 Å². The topological polar surface area (TPSA) is 61.8 Å². The SMILES string of the molecule is COCc1ccc(C(=O)OCc2ccc(C(=O)OC)cc2)cc1. The van der Waals surface area contributed by atoms with E-state index in [1.54, 1.807) is 43.5 Å². The largest absolute Gasteiger partial charge is 0.465 e. The van der Waals surface area contributed by atoms with Crippen LogP contribution >= 0.6 is 0 Å². The zero-order valence-electron chi connectivity index (χ0n) is 13.1. The minimum atomic E-state index is -0.398. The van der Waals surface area contributed by atoms with Gasteiger partial charge in [-0.05, 0) is 35.4 Å². The van der Waals surface area contributed by atoms with Gasteiger partial charge in [-0.25, -0.2) is 9.59 Å². The summed E-state index contributed by atoms with van der Waals surface area (Å²) in [6, 6.07) is 13.8. The summed E-state index contributed by atoms with van der Waals surface area (Å²) >= 11 is 0. The van der Waals surface area contributed by atoms with Crippen molar-refractivity contribution in [3.8, 4) is 0 Å². The lowest BCUT2D eigenvalue weighted by Gasteiger charge is -2.06. The molecule has 0 saturated heterocycles. The molecule has 120 valence electrons. The van der Waals surface area contributed by atoms with Crippen LogP contribution in [-0.2, 0) is 27.4 Å². The highest BCUT2D eigenvalue weighted by Crippen LogP contribution is 2.10. The highest BCUT2D eigenvalue weighted by molar-refractivity contribution is 5.90. The molecule has 0 aliphatic rings. The van der Waals surface area contributed by atoms with Gasteiger partial charge in [0, 0.05) is 7.11 Å². The highest BCUT2D eigenvalue weighted by atomic mass is 16.5. The maximum Gasteiger partial charge on any atom is 0.338 e. The van der Waals surface area contributed by atoms with Crippen molar-refractivity contribution in [2.45, 2.75) is 13.2 Å². The molecule has 0 aliphatic carbocycles. The Bertz CT molecular complexity index is 659. The van der Waals surface area contributed by atoms with Crippen molar-refractivity contribution >= 4 is 11.9 Å². The first-order valence-corrected chi connectivity index (χ1v) is 7.06. The van der Waals surface area contributed by atoms with Crippen molar-refractivity contribution in [3.63, 3.8) is 0 Å². The second-order valence-electron chi connectivity index (χ2n) is 4.89. The molecule has 5 heteroatoms. The van der Waals surface area contributed by atoms with Crippen LogP contribution < -0.4 is 0 Å². The van der Waals surface area contributed by atoms with E-state index in [1.165, 1.54) is 7.11 Å². The lowest BCUT2D eigenvalue weighted by molar-refractivity contribution is 0.0471. The van der Waals surface area contributed by atoms with Crippen LogP contribution in [0.5, 0.6) is 0 Å². The Morgan fingerprint density at radius 2 is 1.22 bits per heavy atom. The lowest BCUT2D eigenvalue weighted by atomic mass is 10.1. The van der Waals surface area contributed by atoms with Crippen LogP contribution in [0.1, 0.15) is 31.8 Å². The second kappa shape index (κ2) is 8.10. The molecule has 0 atom stereocenters. The van der Waals surface area contributed by atoms with Crippen LogP contribution in [0.3, 0.4) is 0 Å². The average molecular weight is 314 g/mol. The van der Waals surface area contributed by atoms with Crippen LogP contribution in [0.25, 0.3) is 0 Å². The Morgan fingerprint density at radius 3 is 1.70 bits per heavy atom. The van der Waals surface area contributed by atoms with Crippen molar-refractivity contribution in [1.82, 2.24) is 0 Å². The molecular weight excluding hydrogens is 296 g/mol. The molecule has 0 heterocycles. The molecule has 0 aromatic heterocycles. The smallest absolute Gasteiger partial charge is 0.338 e. The van der Waals surface area contributed by atoms with E-state index < -0.39 is 11.9 Å². The summed E-state index contributed by atoms with van der Waals surface area (Å²) in [5, 5.41) is 0. The van der Waals surface area contributed by atoms with Gasteiger partial charge in [0.15, 0.2) is 0 Å². The summed E-state index contributed by atoms with van der Waals surface area (Å²) in [7, 11) is 2.95. The standard InChI is InChI=1S/C18H18O5/c1-21-11-13-3-9-16(10-4-13)18(20)23-12-14-5-7-15(8-6-14)17(19)22-2/h3-10H,11-12H2,1-2H3. The Balaban J connectivity index is 1.92. The summed E-state index contributed by atoms with van der Waals surface area (Å²) in [6.45, 7) is 0.641. The number of hydrogen-bond donors (Lipinski definition) is 0. The van der Waals surface area contributed by atoms with E-state index in [1.807, 2.05) is 12.1 Å². The van der Waals surface area contributed by atoms with Crippen molar-refractivity contribution in [1.29, 1.82) is 0 Å². The number of hydrogen-bond acceptors (Lipinski definition) is 5. The summed E-state index contributed by atoms with van der Waals surface area (Å²) in [4.78, 5) is 23.3. The molecule has 23 heavy (non-hydrogen) atoms. The van der Waals surface area contributed by atoms with Gasteiger partial charge in [-0.3, -0.25) is 0 Å². The lowest BCUT2D eigenvalue weighted by Crippen LogP contribution is -2.06. The van der Waals surface area contributed by atoms with Gasteiger partial charge in [0.05, 0.1) is 24.8 Å². The average Bonchev–Trinajstić information content (AvgIpc) is 2.60. The molecular formula is C18H18O5. The first-order valence-electron chi connectivity index (χ1n) is 7.06. The van der Waals surface area contributed by atoms with Crippen LogP contribution in [0.2, 0.25) is 0 Å². The van der Waals surface area contributed by atoms with Crippen molar-refractivity contribution in [2.24, 2.45) is 0 Å². The van der Waals surface area contributed by atoms with E-state index in [9.17, 15) is 9.59 Å². The van der Waals surface area contributed by atoms with Crippen LogP contribution in [0.4, 0.5) is 0 Å². The fourth-order valence-electron chi connectivity index (χ4n) is 1.99. The first-order chi connectivity index (χ1) is 11.1. The molecule has 2 rings (SSSR count). The fourth-order valence-corrected chi connectivity index (χ4v) is 1.99. The van der Waals surface area contributed by atoms with E-state index in [0.29, 0.717) is 17.7 Å². The highest BCUT2D eigenvalue weighted by Gasteiger charge is 2.08. The summed E-state index contributed by atoms with van der Waals surface area (Å²) < 4.78 is 14.9. The van der Waals surface area contributed by atoms with E-state index >= 15 is 0 Å². The Kier molecular flexibility index (Phi) is 5.88. The van der Waals surface area contributed by atoms with Gasteiger partial charge in [-0.1, -0.05) is 24.3 Å². The van der Waals surface area contributed by atoms with Gasteiger partial charge in [-0.2, -0.15) is 0 Å². The monoisotopic (exact) mass is 314 g/mol. The summed E-state index contributed by atoms with van der Waals surface area (Å²) in [5.41, 5.74) is 2.72. The molecule has 0 fully saturated rings. The summed E-state index contributed by atoms with van der Waals surface area (Å²) in [5.74, 6) is -0.796. The number of carbonyl (C=O) groups is 2. The number of carbonyl (C=O) groups excluding carboxylic acids is 2. The molecule has 2 aromatic rings. The molecule has 0 unspecified atom stereocenters. The molecule has 0 amide bonds. The Labute approximate surface area is 134 Å². The van der Waals surface area contributed by atoms with E-state index in [-0.39, 0.29) is 6.61 Å². The third kappa shape index (κ3) is 4.66. The third-order valence-corrected chi connectivity index (χ3v) is 3.25. The molecule has 2 aromatic carbocycles. The molecule has 0 N–H and O–H groups in total.